The molecule has 0 fully saturated rings. The molecular formula is C29H18F2N2O. The Labute approximate surface area is 195 Å². The molecule has 0 bridgehead atoms. The Morgan fingerprint density at radius 1 is 0.588 bits per heavy atom. The Kier molecular flexibility index (Phi) is 4.69. The Balaban J connectivity index is 1.76. The second-order valence-corrected chi connectivity index (χ2v) is 8.07. The van der Waals surface area contributed by atoms with Gasteiger partial charge in [-0.1, -0.05) is 66.7 Å². The Hall–Kier alpha value is -4.38. The van der Waals surface area contributed by atoms with Crippen LogP contribution in [0.3, 0.4) is 0 Å². The number of rotatable bonds is 3. The summed E-state index contributed by atoms with van der Waals surface area (Å²) in [6.45, 7) is 0. The lowest BCUT2D eigenvalue weighted by atomic mass is 9.67. The van der Waals surface area contributed by atoms with Crippen LogP contribution in [0.25, 0.3) is 11.3 Å². The highest BCUT2D eigenvalue weighted by Crippen LogP contribution is 2.55. The van der Waals surface area contributed by atoms with Crippen molar-refractivity contribution in [2.75, 3.05) is 0 Å². The van der Waals surface area contributed by atoms with Gasteiger partial charge in [0.05, 0.1) is 17.1 Å². The number of nitrogens with zero attached hydrogens (tertiary/aromatic N) is 2. The second-order valence-electron chi connectivity index (χ2n) is 8.07. The summed E-state index contributed by atoms with van der Waals surface area (Å²) in [4.78, 5) is 9.70. The second kappa shape index (κ2) is 7.89. The quantitative estimate of drug-likeness (QED) is 0.295. The van der Waals surface area contributed by atoms with Crippen LogP contribution in [0, 0.1) is 11.6 Å². The van der Waals surface area contributed by atoms with Crippen LogP contribution in [0.5, 0.6) is 11.5 Å². The van der Waals surface area contributed by atoms with Crippen molar-refractivity contribution >= 4 is 0 Å². The molecule has 1 aliphatic heterocycles. The molecule has 3 nitrogen and oxygen atoms in total. The van der Waals surface area contributed by atoms with Crippen molar-refractivity contribution in [2.45, 2.75) is 5.41 Å². The molecule has 0 unspecified atom stereocenters. The van der Waals surface area contributed by atoms with Crippen LogP contribution >= 0.6 is 0 Å². The van der Waals surface area contributed by atoms with Gasteiger partial charge in [-0.05, 0) is 36.4 Å². The monoisotopic (exact) mass is 448 g/mol. The zero-order valence-corrected chi connectivity index (χ0v) is 18.0. The fourth-order valence-corrected chi connectivity index (χ4v) is 4.74. The number of hydrogen-bond donors (Lipinski definition) is 0. The minimum atomic E-state index is -1.20. The maximum Gasteiger partial charge on any atom is 0.168 e. The van der Waals surface area contributed by atoms with Crippen LogP contribution in [0.4, 0.5) is 8.78 Å². The first-order chi connectivity index (χ1) is 16.7. The van der Waals surface area contributed by atoms with E-state index in [0.717, 1.165) is 11.3 Å². The van der Waals surface area contributed by atoms with Gasteiger partial charge in [0.1, 0.15) is 5.41 Å². The van der Waals surface area contributed by atoms with E-state index in [0.29, 0.717) is 22.5 Å². The first-order valence-electron chi connectivity index (χ1n) is 10.9. The maximum atomic E-state index is 15.1. The van der Waals surface area contributed by atoms with E-state index in [2.05, 4.69) is 4.98 Å². The lowest BCUT2D eigenvalue weighted by molar-refractivity contribution is 0.376. The summed E-state index contributed by atoms with van der Waals surface area (Å²) in [5.41, 5.74) is 2.70. The summed E-state index contributed by atoms with van der Waals surface area (Å²) < 4.78 is 36.1. The molecule has 0 aliphatic carbocycles. The zero-order chi connectivity index (χ0) is 23.1. The lowest BCUT2D eigenvalue weighted by Gasteiger charge is -2.39. The van der Waals surface area contributed by atoms with E-state index in [1.807, 2.05) is 66.7 Å². The van der Waals surface area contributed by atoms with Crippen LogP contribution in [0.15, 0.2) is 109 Å². The van der Waals surface area contributed by atoms with Gasteiger partial charge in [0.2, 0.25) is 0 Å². The smallest absolute Gasteiger partial charge is 0.168 e. The summed E-state index contributed by atoms with van der Waals surface area (Å²) in [7, 11) is 0. The van der Waals surface area contributed by atoms with Crippen molar-refractivity contribution in [3.8, 4) is 22.8 Å². The molecule has 0 amide bonds. The van der Waals surface area contributed by atoms with Gasteiger partial charge in [0.15, 0.2) is 23.1 Å². The molecular weight excluding hydrogens is 430 g/mol. The summed E-state index contributed by atoms with van der Waals surface area (Å²) in [6, 6.07) is 30.5. The first kappa shape index (κ1) is 20.2. The fourth-order valence-electron chi connectivity index (χ4n) is 4.74. The number of aromatic nitrogens is 2. The van der Waals surface area contributed by atoms with Crippen molar-refractivity contribution in [3.63, 3.8) is 0 Å². The van der Waals surface area contributed by atoms with E-state index in [4.69, 9.17) is 9.72 Å². The molecule has 0 spiro atoms. The number of para-hydroxylation sites is 2. The minimum Gasteiger partial charge on any atom is -0.450 e. The van der Waals surface area contributed by atoms with Crippen LogP contribution < -0.4 is 4.74 Å². The van der Waals surface area contributed by atoms with Gasteiger partial charge >= 0.3 is 0 Å². The van der Waals surface area contributed by atoms with E-state index in [1.54, 1.807) is 30.5 Å². The third-order valence-electron chi connectivity index (χ3n) is 6.20. The van der Waals surface area contributed by atoms with E-state index in [-0.39, 0.29) is 11.5 Å². The third-order valence-corrected chi connectivity index (χ3v) is 6.20. The van der Waals surface area contributed by atoms with Gasteiger partial charge in [-0.15, -0.1) is 0 Å². The topological polar surface area (TPSA) is 35.0 Å². The third kappa shape index (κ3) is 2.94. The number of fused-ring (bicyclic) bond motifs is 2. The van der Waals surface area contributed by atoms with Crippen molar-refractivity contribution in [1.29, 1.82) is 0 Å². The van der Waals surface area contributed by atoms with E-state index in [9.17, 15) is 0 Å². The summed E-state index contributed by atoms with van der Waals surface area (Å²) in [6.07, 6.45) is 1.67. The van der Waals surface area contributed by atoms with Crippen molar-refractivity contribution in [3.05, 3.63) is 143 Å². The number of halogens is 2. The molecule has 5 aromatic rings. The average molecular weight is 448 g/mol. The summed E-state index contributed by atoms with van der Waals surface area (Å²) in [5, 5.41) is 0. The highest BCUT2D eigenvalue weighted by atomic mass is 19.1. The zero-order valence-electron chi connectivity index (χ0n) is 18.0. The summed E-state index contributed by atoms with van der Waals surface area (Å²) >= 11 is 0. The largest absolute Gasteiger partial charge is 0.450 e. The normalized spacial score (nSPS) is 13.5. The molecule has 0 atom stereocenters. The van der Waals surface area contributed by atoms with E-state index in [1.165, 1.54) is 12.1 Å². The van der Waals surface area contributed by atoms with Gasteiger partial charge < -0.3 is 4.74 Å². The molecule has 5 heteroatoms. The van der Waals surface area contributed by atoms with Gasteiger partial charge in [-0.3, -0.25) is 9.97 Å². The van der Waals surface area contributed by atoms with Crippen molar-refractivity contribution < 1.29 is 13.5 Å². The predicted octanol–water partition coefficient (Wildman–Crippen LogP) is 6.91. The van der Waals surface area contributed by atoms with Crippen molar-refractivity contribution in [2.24, 2.45) is 0 Å². The van der Waals surface area contributed by atoms with Crippen LogP contribution in [0.2, 0.25) is 0 Å². The minimum absolute atomic E-state index is 0.0299. The van der Waals surface area contributed by atoms with E-state index < -0.39 is 17.0 Å². The molecule has 3 heterocycles. The Morgan fingerprint density at radius 2 is 1.21 bits per heavy atom. The molecule has 34 heavy (non-hydrogen) atoms. The van der Waals surface area contributed by atoms with Crippen LogP contribution in [-0.4, -0.2) is 9.97 Å². The highest BCUT2D eigenvalue weighted by Gasteiger charge is 2.49. The average Bonchev–Trinajstić information content (AvgIpc) is 2.89. The molecule has 1 aliphatic rings. The molecule has 0 N–H and O–H groups in total. The highest BCUT2D eigenvalue weighted by molar-refractivity contribution is 5.69. The molecule has 6 rings (SSSR count). The van der Waals surface area contributed by atoms with Gasteiger partial charge in [-0.25, -0.2) is 8.78 Å². The first-order valence-corrected chi connectivity index (χ1v) is 10.9. The molecule has 0 saturated heterocycles. The summed E-state index contributed by atoms with van der Waals surface area (Å²) in [5.74, 6) is -1.22. The molecule has 164 valence electrons. The van der Waals surface area contributed by atoms with Gasteiger partial charge in [0, 0.05) is 22.9 Å². The lowest BCUT2D eigenvalue weighted by Crippen LogP contribution is -2.36. The molecule has 0 saturated carbocycles. The van der Waals surface area contributed by atoms with Crippen molar-refractivity contribution in [1.82, 2.24) is 9.97 Å². The Morgan fingerprint density at radius 3 is 1.85 bits per heavy atom. The SMILES string of the molecule is Fc1cccc2c1Oc1c(F)cccc1C2(c1ccccn1)c1cccc(-c2ccccc2)n1. The number of pyridine rings is 2. The standard InChI is InChI=1S/C29H18F2N2O/c30-22-13-6-11-20-27(22)34-28-21(12-7-14-23(28)31)29(20,25-16-4-5-18-32-25)26-17-8-15-24(33-26)19-9-2-1-3-10-19/h1-18H. The predicted molar refractivity (Wildman–Crippen MR) is 126 cm³/mol. The molecule has 3 aromatic carbocycles. The fraction of sp³-hybridized carbons (Fsp3) is 0.0345. The van der Waals surface area contributed by atoms with E-state index >= 15 is 8.78 Å². The molecule has 0 radical (unpaired) electrons. The number of ether oxygens (including phenoxy) is 1. The Bertz CT molecular complexity index is 1450. The molecule has 2 aromatic heterocycles. The van der Waals surface area contributed by atoms with Gasteiger partial charge in [-0.2, -0.15) is 0 Å². The number of benzene rings is 3. The van der Waals surface area contributed by atoms with Crippen LogP contribution in [0.1, 0.15) is 22.5 Å². The maximum absolute atomic E-state index is 15.1. The number of hydrogen-bond acceptors (Lipinski definition) is 3. The van der Waals surface area contributed by atoms with Crippen LogP contribution in [-0.2, 0) is 5.41 Å². The van der Waals surface area contributed by atoms with Gasteiger partial charge in [0.25, 0.3) is 0 Å².